The molecule has 2 aliphatic carbocycles. The van der Waals surface area contributed by atoms with Gasteiger partial charge in [0.25, 0.3) is 0 Å². The van der Waals surface area contributed by atoms with Crippen molar-refractivity contribution in [3.05, 3.63) is 34.5 Å². The van der Waals surface area contributed by atoms with Gasteiger partial charge < -0.3 is 14.8 Å². The molecule has 0 fully saturated rings. The number of carbonyl (C=O) groups is 1. The van der Waals surface area contributed by atoms with E-state index >= 15 is 0 Å². The second-order valence-corrected chi connectivity index (χ2v) is 10.3. The minimum atomic E-state index is -3.51. The largest absolute Gasteiger partial charge is 0.472 e. The third-order valence-electron chi connectivity index (χ3n) is 6.33. The van der Waals surface area contributed by atoms with Crippen molar-refractivity contribution in [1.29, 1.82) is 0 Å². The Morgan fingerprint density at radius 1 is 1.42 bits per heavy atom. The maximum absolute atomic E-state index is 13.1. The van der Waals surface area contributed by atoms with Gasteiger partial charge in [0.15, 0.2) is 9.92 Å². The highest BCUT2D eigenvalue weighted by Crippen LogP contribution is 2.44. The lowest BCUT2D eigenvalue weighted by Crippen LogP contribution is -2.20. The Morgan fingerprint density at radius 3 is 3.06 bits per heavy atom. The molecule has 10 heteroatoms. The Bertz CT molecular complexity index is 1180. The normalized spacial score (nSPS) is 22.9. The Kier molecular flexibility index (Phi) is 5.03. The molecule has 31 heavy (non-hydrogen) atoms. The minimum absolute atomic E-state index is 0.0984. The predicted molar refractivity (Wildman–Crippen MR) is 116 cm³/mol. The summed E-state index contributed by atoms with van der Waals surface area (Å²) in [5.41, 5.74) is 5.61. The van der Waals surface area contributed by atoms with Crippen LogP contribution in [0.3, 0.4) is 0 Å². The molecule has 0 saturated carbocycles. The zero-order valence-corrected chi connectivity index (χ0v) is 18.5. The first-order valence-electron chi connectivity index (χ1n) is 10.6. The Labute approximate surface area is 181 Å². The predicted octanol–water partition coefficient (Wildman–Crippen LogP) is 2.76. The third-order valence-corrected chi connectivity index (χ3v) is 7.68. The van der Waals surface area contributed by atoms with Gasteiger partial charge in [0.05, 0.1) is 19.3 Å². The number of aryl methyl sites for hydroxylation is 2. The molecule has 0 radical (unpaired) electrons. The topological polar surface area (TPSA) is 121 Å². The van der Waals surface area contributed by atoms with Gasteiger partial charge in [-0.1, -0.05) is 6.07 Å². The molecular weight excluding hydrogens is 418 g/mol. The van der Waals surface area contributed by atoms with Crippen LogP contribution in [0, 0.1) is 0 Å². The van der Waals surface area contributed by atoms with E-state index in [2.05, 4.69) is 20.8 Å². The van der Waals surface area contributed by atoms with Crippen molar-refractivity contribution < 1.29 is 18.5 Å². The number of nitrogens with zero attached hydrogens (tertiary/aromatic N) is 3. The Balaban J connectivity index is 1.50. The number of amides is 2. The van der Waals surface area contributed by atoms with Crippen molar-refractivity contribution >= 4 is 21.6 Å². The molecule has 3 N–H and O–H groups in total. The van der Waals surface area contributed by atoms with Crippen LogP contribution >= 0.6 is 0 Å². The number of hydrogen-bond acceptors (Lipinski definition) is 5. The molecule has 9 nitrogen and oxygen atoms in total. The first-order chi connectivity index (χ1) is 14.9. The van der Waals surface area contributed by atoms with Gasteiger partial charge in [-0.25, -0.2) is 18.8 Å². The van der Waals surface area contributed by atoms with Crippen LogP contribution in [-0.4, -0.2) is 39.8 Å². The fraction of sp³-hybridized carbons (Fsp3) is 0.524. The van der Waals surface area contributed by atoms with E-state index in [-0.39, 0.29) is 16.9 Å². The van der Waals surface area contributed by atoms with Gasteiger partial charge in [-0.3, -0.25) is 0 Å². The molecule has 1 aliphatic heterocycles. The summed E-state index contributed by atoms with van der Waals surface area (Å²) in [6, 6.07) is 1.56. The molecule has 1 aromatic carbocycles. The van der Waals surface area contributed by atoms with Crippen LogP contribution in [0.1, 0.15) is 47.9 Å². The molecule has 2 amide bonds. The summed E-state index contributed by atoms with van der Waals surface area (Å²) >= 11 is 0. The number of aromatic nitrogens is 2. The van der Waals surface area contributed by atoms with E-state index in [9.17, 15) is 9.00 Å². The second-order valence-electron chi connectivity index (χ2n) is 8.52. The van der Waals surface area contributed by atoms with Gasteiger partial charge in [0.1, 0.15) is 11.0 Å². The van der Waals surface area contributed by atoms with Crippen LogP contribution in [0.15, 0.2) is 21.5 Å². The maximum atomic E-state index is 13.1. The Morgan fingerprint density at radius 2 is 2.26 bits per heavy atom. The first kappa shape index (κ1) is 20.5. The highest BCUT2D eigenvalue weighted by atomic mass is 32.2. The van der Waals surface area contributed by atoms with Gasteiger partial charge >= 0.3 is 6.03 Å². The lowest BCUT2D eigenvalue weighted by atomic mass is 9.94. The van der Waals surface area contributed by atoms with Crippen molar-refractivity contribution in [3.63, 3.8) is 0 Å². The number of ether oxygens (including phenoxy) is 2. The Hall–Kier alpha value is -2.43. The highest BCUT2D eigenvalue weighted by molar-refractivity contribution is 7.91. The smallest absolute Gasteiger partial charge is 0.354 e. The fourth-order valence-electron chi connectivity index (χ4n) is 5.06. The number of urea groups is 1. The highest BCUT2D eigenvalue weighted by Gasteiger charge is 2.32. The van der Waals surface area contributed by atoms with E-state index in [1.807, 2.05) is 6.92 Å². The number of anilines is 1. The summed E-state index contributed by atoms with van der Waals surface area (Å²) in [6.45, 7) is 3.02. The molecule has 166 valence electrons. The quantitative estimate of drug-likeness (QED) is 0.750. The van der Waals surface area contributed by atoms with Crippen LogP contribution in [-0.2, 0) is 40.5 Å². The second kappa shape index (κ2) is 7.61. The van der Waals surface area contributed by atoms with E-state index in [4.69, 9.17) is 14.6 Å². The fourth-order valence-corrected chi connectivity index (χ4v) is 6.05. The number of benzene rings is 1. The molecule has 0 saturated heterocycles. The number of carbonyl (C=O) groups excluding carboxylic acids is 1. The first-order valence-corrected chi connectivity index (χ1v) is 12.2. The summed E-state index contributed by atoms with van der Waals surface area (Å²) in [6.07, 6.45) is 6.17. The van der Waals surface area contributed by atoms with Crippen molar-refractivity contribution in [1.82, 2.24) is 9.78 Å². The number of fused-ring (bicyclic) bond motifs is 3. The van der Waals surface area contributed by atoms with E-state index in [1.54, 1.807) is 11.8 Å². The van der Waals surface area contributed by atoms with Crippen LogP contribution in [0.2, 0.25) is 0 Å². The van der Waals surface area contributed by atoms with Crippen LogP contribution in [0.25, 0.3) is 0 Å². The van der Waals surface area contributed by atoms with Gasteiger partial charge in [0, 0.05) is 18.7 Å². The maximum Gasteiger partial charge on any atom is 0.354 e. The summed E-state index contributed by atoms with van der Waals surface area (Å²) in [4.78, 5) is 13.1. The van der Waals surface area contributed by atoms with E-state index < -0.39 is 15.9 Å². The minimum Gasteiger partial charge on any atom is -0.472 e. The van der Waals surface area contributed by atoms with Gasteiger partial charge in [-0.15, -0.1) is 4.36 Å². The number of nitrogens with one attached hydrogen (secondary N) is 1. The van der Waals surface area contributed by atoms with Crippen molar-refractivity contribution in [3.8, 4) is 5.88 Å². The van der Waals surface area contributed by atoms with Gasteiger partial charge in [-0.2, -0.15) is 5.10 Å². The molecule has 3 atom stereocenters. The summed E-state index contributed by atoms with van der Waals surface area (Å²) in [5, 5.41) is 13.1. The van der Waals surface area contributed by atoms with Gasteiger partial charge in [-0.05, 0) is 61.3 Å². The third kappa shape index (κ3) is 3.52. The van der Waals surface area contributed by atoms with Crippen LogP contribution in [0.4, 0.5) is 10.5 Å². The molecule has 5 rings (SSSR count). The average molecular weight is 446 g/mol. The SMILES string of the molecule is COC[C@@H]1CCc2cc3c(c(NC(=O)N=S(N)(=O)c4cnn5c4O[C@@H](C)C5)c21)CCC3. The number of methoxy groups -OCH3 is 1. The zero-order chi connectivity index (χ0) is 21.8. The van der Waals surface area contributed by atoms with Crippen LogP contribution in [0.5, 0.6) is 5.88 Å². The molecular formula is C21H27N5O4S. The lowest BCUT2D eigenvalue weighted by Gasteiger charge is -2.19. The molecule has 3 aliphatic rings. The number of hydrogen-bond donors (Lipinski definition) is 2. The van der Waals surface area contributed by atoms with Crippen molar-refractivity contribution in [2.75, 3.05) is 19.0 Å². The van der Waals surface area contributed by atoms with E-state index in [0.29, 0.717) is 19.0 Å². The summed E-state index contributed by atoms with van der Waals surface area (Å²) in [7, 11) is -1.82. The van der Waals surface area contributed by atoms with Crippen LogP contribution < -0.4 is 15.2 Å². The zero-order valence-electron chi connectivity index (χ0n) is 17.7. The molecule has 2 heterocycles. The van der Waals surface area contributed by atoms with Gasteiger partial charge in [0.2, 0.25) is 5.88 Å². The van der Waals surface area contributed by atoms with Crippen molar-refractivity contribution in [2.45, 2.75) is 62.5 Å². The molecule has 0 bridgehead atoms. The lowest BCUT2D eigenvalue weighted by molar-refractivity contribution is 0.179. The number of nitrogens with two attached hydrogens (primary N) is 1. The average Bonchev–Trinajstić information content (AvgIpc) is 3.45. The molecule has 1 unspecified atom stereocenters. The summed E-state index contributed by atoms with van der Waals surface area (Å²) in [5.74, 6) is 0.537. The van der Waals surface area contributed by atoms with E-state index in [0.717, 1.165) is 48.9 Å². The summed E-state index contributed by atoms with van der Waals surface area (Å²) < 4.78 is 29.7. The molecule has 0 spiro atoms. The van der Waals surface area contributed by atoms with Crippen molar-refractivity contribution in [2.24, 2.45) is 9.50 Å². The van der Waals surface area contributed by atoms with E-state index in [1.165, 1.54) is 17.3 Å². The number of rotatable bonds is 4. The monoisotopic (exact) mass is 445 g/mol. The standard InChI is InChI=1S/C21H27N5O4S/c1-12-10-26-20(30-12)17(9-23-26)31(22,28)25-21(27)24-19-16-5-3-4-13(16)8-14-6-7-15(11-29-2)18(14)19/h8-9,12,15H,3-7,10-11H2,1-2H3,(H3,22,24,25,27,28)/t12-,15-,31?/m0/s1. The molecule has 1 aromatic heterocycles. The molecule has 2 aromatic rings.